The third kappa shape index (κ3) is 1.43. The van der Waals surface area contributed by atoms with Crippen molar-refractivity contribution in [2.45, 2.75) is 0 Å². The number of benzene rings is 1. The van der Waals surface area contributed by atoms with E-state index in [4.69, 9.17) is 0 Å². The van der Waals surface area contributed by atoms with E-state index in [0.29, 0.717) is 0 Å². The fourth-order valence-corrected chi connectivity index (χ4v) is 2.42. The summed E-state index contributed by atoms with van der Waals surface area (Å²) in [5.74, 6) is -0.217. The standard InChI is InChI=1S/C11H7FN2S/c12-8-3-4-9-10(7-8)15-11(13-9)14-5-1-2-6-14/h1-7H. The first kappa shape index (κ1) is 8.61. The molecule has 0 atom stereocenters. The van der Waals surface area contributed by atoms with Crippen LogP contribution in [-0.2, 0) is 0 Å². The highest BCUT2D eigenvalue weighted by molar-refractivity contribution is 7.20. The number of halogens is 1. The van der Waals surface area contributed by atoms with Crippen LogP contribution in [0.25, 0.3) is 15.3 Å². The minimum atomic E-state index is -0.217. The monoisotopic (exact) mass is 218 g/mol. The highest BCUT2D eigenvalue weighted by Crippen LogP contribution is 2.25. The molecule has 0 fully saturated rings. The smallest absolute Gasteiger partial charge is 0.194 e. The van der Waals surface area contributed by atoms with Gasteiger partial charge in [0, 0.05) is 12.4 Å². The summed E-state index contributed by atoms with van der Waals surface area (Å²) in [4.78, 5) is 4.41. The maximum Gasteiger partial charge on any atom is 0.194 e. The Hall–Kier alpha value is -1.68. The normalized spacial score (nSPS) is 11.0. The third-order valence-electron chi connectivity index (χ3n) is 2.16. The maximum atomic E-state index is 13.0. The van der Waals surface area contributed by atoms with Crippen molar-refractivity contribution in [1.82, 2.24) is 9.55 Å². The molecule has 74 valence electrons. The molecule has 0 saturated carbocycles. The van der Waals surface area contributed by atoms with E-state index in [0.717, 1.165) is 15.3 Å². The van der Waals surface area contributed by atoms with Crippen molar-refractivity contribution in [3.63, 3.8) is 0 Å². The van der Waals surface area contributed by atoms with E-state index >= 15 is 0 Å². The fraction of sp³-hybridized carbons (Fsp3) is 0. The topological polar surface area (TPSA) is 17.8 Å². The van der Waals surface area contributed by atoms with Crippen LogP contribution in [0, 0.1) is 5.82 Å². The highest BCUT2D eigenvalue weighted by atomic mass is 32.1. The molecule has 0 radical (unpaired) electrons. The van der Waals surface area contributed by atoms with Crippen molar-refractivity contribution >= 4 is 21.6 Å². The largest absolute Gasteiger partial charge is 0.300 e. The van der Waals surface area contributed by atoms with E-state index in [9.17, 15) is 4.39 Å². The summed E-state index contributed by atoms with van der Waals surface area (Å²) in [6, 6.07) is 8.52. The van der Waals surface area contributed by atoms with Gasteiger partial charge in [-0.15, -0.1) is 0 Å². The third-order valence-corrected chi connectivity index (χ3v) is 3.20. The first-order valence-corrected chi connectivity index (χ1v) is 5.34. The van der Waals surface area contributed by atoms with E-state index < -0.39 is 0 Å². The predicted octanol–water partition coefficient (Wildman–Crippen LogP) is 3.23. The average Bonchev–Trinajstić information content (AvgIpc) is 2.84. The second kappa shape index (κ2) is 3.17. The van der Waals surface area contributed by atoms with Crippen molar-refractivity contribution in [2.24, 2.45) is 0 Å². The van der Waals surface area contributed by atoms with Crippen molar-refractivity contribution in [3.8, 4) is 5.13 Å². The zero-order valence-electron chi connectivity index (χ0n) is 7.72. The van der Waals surface area contributed by atoms with E-state index in [1.807, 2.05) is 29.1 Å². The molecule has 15 heavy (non-hydrogen) atoms. The van der Waals surface area contributed by atoms with Crippen LogP contribution in [0.1, 0.15) is 0 Å². The molecule has 0 N–H and O–H groups in total. The molecule has 0 amide bonds. The lowest BCUT2D eigenvalue weighted by molar-refractivity contribution is 0.630. The zero-order chi connectivity index (χ0) is 10.3. The molecule has 3 aromatic rings. The van der Waals surface area contributed by atoms with Crippen LogP contribution in [0.2, 0.25) is 0 Å². The molecule has 0 unspecified atom stereocenters. The number of nitrogens with zero attached hydrogens (tertiary/aromatic N) is 2. The van der Waals surface area contributed by atoms with Gasteiger partial charge in [-0.05, 0) is 30.3 Å². The van der Waals surface area contributed by atoms with Crippen molar-refractivity contribution in [2.75, 3.05) is 0 Å². The van der Waals surface area contributed by atoms with Gasteiger partial charge >= 0.3 is 0 Å². The van der Waals surface area contributed by atoms with Crippen LogP contribution < -0.4 is 0 Å². The van der Waals surface area contributed by atoms with Gasteiger partial charge in [0.1, 0.15) is 5.82 Å². The highest BCUT2D eigenvalue weighted by Gasteiger charge is 2.05. The SMILES string of the molecule is Fc1ccc2nc(-n3cccc3)sc2c1. The molecular formula is C11H7FN2S. The Labute approximate surface area is 89.6 Å². The van der Waals surface area contributed by atoms with Crippen molar-refractivity contribution in [3.05, 3.63) is 48.5 Å². The average molecular weight is 218 g/mol. The van der Waals surface area contributed by atoms with Crippen LogP contribution >= 0.6 is 11.3 Å². The molecule has 0 spiro atoms. The Balaban J connectivity index is 2.22. The number of aromatic nitrogens is 2. The summed E-state index contributed by atoms with van der Waals surface area (Å²) in [6.07, 6.45) is 3.85. The fourth-order valence-electron chi connectivity index (χ4n) is 1.46. The molecule has 0 bridgehead atoms. The van der Waals surface area contributed by atoms with Crippen molar-refractivity contribution < 1.29 is 4.39 Å². The molecule has 2 heterocycles. The molecule has 2 nitrogen and oxygen atoms in total. The molecule has 0 aliphatic carbocycles. The summed E-state index contributed by atoms with van der Waals surface area (Å²) in [6.45, 7) is 0. The van der Waals surface area contributed by atoms with E-state index in [1.54, 1.807) is 6.07 Å². The quantitative estimate of drug-likeness (QED) is 0.613. The number of hydrogen-bond donors (Lipinski definition) is 0. The van der Waals surface area contributed by atoms with Gasteiger partial charge in [-0.1, -0.05) is 11.3 Å². The molecule has 0 aliphatic rings. The minimum Gasteiger partial charge on any atom is -0.300 e. The summed E-state index contributed by atoms with van der Waals surface area (Å²) in [7, 11) is 0. The van der Waals surface area contributed by atoms with Gasteiger partial charge < -0.3 is 4.57 Å². The van der Waals surface area contributed by atoms with Crippen LogP contribution in [0.4, 0.5) is 4.39 Å². The molecule has 4 heteroatoms. The van der Waals surface area contributed by atoms with Gasteiger partial charge in [0.2, 0.25) is 0 Å². The minimum absolute atomic E-state index is 0.217. The Morgan fingerprint density at radius 2 is 2.00 bits per heavy atom. The van der Waals surface area contributed by atoms with Gasteiger partial charge in [0.15, 0.2) is 5.13 Å². The first-order valence-electron chi connectivity index (χ1n) is 4.52. The number of rotatable bonds is 1. The van der Waals surface area contributed by atoms with E-state index in [-0.39, 0.29) is 5.82 Å². The lowest BCUT2D eigenvalue weighted by Gasteiger charge is -1.92. The van der Waals surface area contributed by atoms with Gasteiger partial charge in [-0.3, -0.25) is 0 Å². The van der Waals surface area contributed by atoms with E-state index in [2.05, 4.69) is 4.98 Å². The number of fused-ring (bicyclic) bond motifs is 1. The zero-order valence-corrected chi connectivity index (χ0v) is 8.54. The number of thiazole rings is 1. The lowest BCUT2D eigenvalue weighted by Crippen LogP contribution is -1.86. The predicted molar refractivity (Wildman–Crippen MR) is 58.9 cm³/mol. The molecule has 2 aromatic heterocycles. The Morgan fingerprint density at radius 3 is 2.80 bits per heavy atom. The van der Waals surface area contributed by atoms with Gasteiger partial charge in [-0.2, -0.15) is 0 Å². The second-order valence-corrected chi connectivity index (χ2v) is 4.21. The first-order chi connectivity index (χ1) is 7.33. The van der Waals surface area contributed by atoms with Crippen molar-refractivity contribution in [1.29, 1.82) is 0 Å². The summed E-state index contributed by atoms with van der Waals surface area (Å²) in [5.41, 5.74) is 0.838. The van der Waals surface area contributed by atoms with Crippen LogP contribution in [0.15, 0.2) is 42.7 Å². The number of hydrogen-bond acceptors (Lipinski definition) is 2. The van der Waals surface area contributed by atoms with Crippen LogP contribution in [0.5, 0.6) is 0 Å². The molecule has 0 saturated heterocycles. The van der Waals surface area contributed by atoms with Gasteiger partial charge in [0.25, 0.3) is 0 Å². The maximum absolute atomic E-state index is 13.0. The van der Waals surface area contributed by atoms with Gasteiger partial charge in [0.05, 0.1) is 10.2 Å². The second-order valence-electron chi connectivity index (χ2n) is 3.20. The Bertz CT molecular complexity index is 598. The molecule has 1 aromatic carbocycles. The van der Waals surface area contributed by atoms with Crippen LogP contribution in [0.3, 0.4) is 0 Å². The lowest BCUT2D eigenvalue weighted by atomic mass is 10.3. The Morgan fingerprint density at radius 1 is 1.20 bits per heavy atom. The summed E-state index contributed by atoms with van der Waals surface area (Å²) < 4.78 is 15.8. The Kier molecular flexibility index (Phi) is 1.82. The van der Waals surface area contributed by atoms with Crippen LogP contribution in [-0.4, -0.2) is 9.55 Å². The molecular weight excluding hydrogens is 211 g/mol. The summed E-state index contributed by atoms with van der Waals surface area (Å²) in [5, 5.41) is 0.862. The summed E-state index contributed by atoms with van der Waals surface area (Å²) >= 11 is 1.48. The molecule has 3 rings (SSSR count). The molecule has 0 aliphatic heterocycles. The van der Waals surface area contributed by atoms with E-state index in [1.165, 1.54) is 23.5 Å². The van der Waals surface area contributed by atoms with Gasteiger partial charge in [-0.25, -0.2) is 9.37 Å².